The number of anilines is 1. The van der Waals surface area contributed by atoms with Crippen LogP contribution in [0.2, 0.25) is 0 Å². The van der Waals surface area contributed by atoms with Crippen LogP contribution in [0.1, 0.15) is 35.8 Å². The minimum atomic E-state index is -0.700. The van der Waals surface area contributed by atoms with Crippen molar-refractivity contribution in [3.63, 3.8) is 0 Å². The van der Waals surface area contributed by atoms with Gasteiger partial charge < -0.3 is 14.7 Å². The van der Waals surface area contributed by atoms with Crippen LogP contribution in [0.4, 0.5) is 5.69 Å². The van der Waals surface area contributed by atoms with E-state index in [1.54, 1.807) is 0 Å². The molecule has 2 aliphatic heterocycles. The van der Waals surface area contributed by atoms with Crippen LogP contribution < -0.4 is 9.64 Å². The third-order valence-corrected chi connectivity index (χ3v) is 7.06. The topological polar surface area (TPSA) is 49.8 Å². The number of fused-ring (bicyclic) bond motifs is 4. The van der Waals surface area contributed by atoms with Gasteiger partial charge in [-0.1, -0.05) is 42.5 Å². The normalized spacial score (nSPS) is 30.6. The van der Waals surface area contributed by atoms with Crippen molar-refractivity contribution in [2.45, 2.75) is 30.7 Å². The number of carboxylic acid groups (broad SMARTS) is 1. The first-order valence-electron chi connectivity index (χ1n) is 10.4. The molecule has 5 atom stereocenters. The van der Waals surface area contributed by atoms with Crippen LogP contribution in [-0.4, -0.2) is 23.7 Å². The summed E-state index contributed by atoms with van der Waals surface area (Å²) in [7, 11) is 0. The molecule has 2 aliphatic carbocycles. The second-order valence-electron chi connectivity index (χ2n) is 8.60. The number of para-hydroxylation sites is 1. The molecule has 2 aromatic carbocycles. The lowest BCUT2D eigenvalue weighted by molar-refractivity contribution is -0.140. The van der Waals surface area contributed by atoms with E-state index in [2.05, 4.69) is 41.3 Å². The van der Waals surface area contributed by atoms with Crippen LogP contribution in [0.5, 0.6) is 11.5 Å². The third kappa shape index (κ3) is 2.48. The molecule has 0 amide bonds. The molecule has 29 heavy (non-hydrogen) atoms. The molecule has 0 aromatic heterocycles. The van der Waals surface area contributed by atoms with E-state index in [1.807, 2.05) is 30.3 Å². The summed E-state index contributed by atoms with van der Waals surface area (Å²) in [5.41, 5.74) is 3.59. The summed E-state index contributed by atoms with van der Waals surface area (Å²) in [5.74, 6) is 1.98. The van der Waals surface area contributed by atoms with Gasteiger partial charge in [0.15, 0.2) is 0 Å². The van der Waals surface area contributed by atoms with E-state index in [1.165, 1.54) is 11.1 Å². The first-order chi connectivity index (χ1) is 14.2. The summed E-state index contributed by atoms with van der Waals surface area (Å²) < 4.78 is 6.23. The molecule has 2 aromatic rings. The van der Waals surface area contributed by atoms with E-state index in [4.69, 9.17) is 4.74 Å². The highest BCUT2D eigenvalue weighted by Crippen LogP contribution is 2.56. The Balaban J connectivity index is 1.54. The number of benzene rings is 2. The predicted molar refractivity (Wildman–Crippen MR) is 112 cm³/mol. The van der Waals surface area contributed by atoms with Gasteiger partial charge in [-0.15, -0.1) is 0 Å². The molecule has 1 N–H and O–H groups in total. The molecule has 4 heteroatoms. The van der Waals surface area contributed by atoms with Crippen molar-refractivity contribution in [3.8, 4) is 11.5 Å². The van der Waals surface area contributed by atoms with E-state index in [0.717, 1.165) is 36.6 Å². The molecular weight excluding hydrogens is 362 g/mol. The van der Waals surface area contributed by atoms with Crippen LogP contribution in [0, 0.1) is 11.8 Å². The van der Waals surface area contributed by atoms with E-state index in [0.29, 0.717) is 11.8 Å². The van der Waals surface area contributed by atoms with Gasteiger partial charge >= 0.3 is 5.97 Å². The second kappa shape index (κ2) is 6.24. The Labute approximate surface area is 170 Å². The van der Waals surface area contributed by atoms with Gasteiger partial charge in [0.05, 0.1) is 0 Å². The summed E-state index contributed by atoms with van der Waals surface area (Å²) in [6.07, 6.45) is 10.7. The number of rotatable bonds is 3. The number of carbonyl (C=O) groups is 1. The molecular formula is C25H23NO3. The highest BCUT2D eigenvalue weighted by Gasteiger charge is 2.50. The quantitative estimate of drug-likeness (QED) is 0.748. The molecule has 146 valence electrons. The second-order valence-corrected chi connectivity index (χ2v) is 8.60. The molecule has 0 unspecified atom stereocenters. The molecule has 4 nitrogen and oxygen atoms in total. The first-order valence-corrected chi connectivity index (χ1v) is 10.4. The molecule has 0 bridgehead atoms. The highest BCUT2D eigenvalue weighted by atomic mass is 16.5. The Morgan fingerprint density at radius 1 is 0.966 bits per heavy atom. The fourth-order valence-electron chi connectivity index (χ4n) is 5.90. The van der Waals surface area contributed by atoms with E-state index < -0.39 is 12.0 Å². The maximum atomic E-state index is 12.3. The van der Waals surface area contributed by atoms with Gasteiger partial charge in [0, 0.05) is 30.0 Å². The lowest BCUT2D eigenvalue weighted by Crippen LogP contribution is -2.54. The Morgan fingerprint density at radius 3 is 2.48 bits per heavy atom. The van der Waals surface area contributed by atoms with Gasteiger partial charge in [-0.25, -0.2) is 4.79 Å². The average molecular weight is 385 g/mol. The number of hydrogen-bond donors (Lipinski definition) is 1. The van der Waals surface area contributed by atoms with Crippen LogP contribution in [0.25, 0.3) is 0 Å². The molecule has 0 spiro atoms. The van der Waals surface area contributed by atoms with Crippen LogP contribution in [0.3, 0.4) is 0 Å². The van der Waals surface area contributed by atoms with E-state index in [-0.39, 0.29) is 11.8 Å². The Morgan fingerprint density at radius 2 is 1.69 bits per heavy atom. The number of carboxylic acids is 1. The summed E-state index contributed by atoms with van der Waals surface area (Å²) >= 11 is 0. The monoisotopic (exact) mass is 385 g/mol. The van der Waals surface area contributed by atoms with Crippen molar-refractivity contribution in [2.75, 3.05) is 11.4 Å². The summed E-state index contributed by atoms with van der Waals surface area (Å²) in [5, 5.41) is 10.1. The fraction of sp³-hybridized carbons (Fsp3) is 0.320. The van der Waals surface area contributed by atoms with E-state index in [9.17, 15) is 9.90 Å². The van der Waals surface area contributed by atoms with Crippen molar-refractivity contribution in [3.05, 3.63) is 77.9 Å². The molecule has 2 heterocycles. The number of nitrogens with zero attached hydrogens (tertiary/aromatic N) is 1. The summed E-state index contributed by atoms with van der Waals surface area (Å²) in [6, 6.07) is 13.7. The Kier molecular flexibility index (Phi) is 3.64. The van der Waals surface area contributed by atoms with Gasteiger partial charge in [-0.2, -0.15) is 0 Å². The molecule has 0 radical (unpaired) electrons. The highest BCUT2D eigenvalue weighted by molar-refractivity contribution is 5.84. The van der Waals surface area contributed by atoms with Crippen LogP contribution >= 0.6 is 0 Å². The minimum Gasteiger partial charge on any atom is -0.480 e. The summed E-state index contributed by atoms with van der Waals surface area (Å²) in [6.45, 7) is 0.816. The van der Waals surface area contributed by atoms with Crippen molar-refractivity contribution < 1.29 is 14.6 Å². The number of hydrogen-bond acceptors (Lipinski definition) is 3. The lowest BCUT2D eigenvalue weighted by Gasteiger charge is -2.49. The number of allylic oxidation sites excluding steroid dienone is 4. The SMILES string of the molecule is O=C(O)[C@H]1[C@@H]2CC=C[C@@H]2c2cc(Oc3ccccc3)cc3c2N1C[C@H]1CC=C[C@H]31. The molecule has 6 rings (SSSR count). The van der Waals surface area contributed by atoms with Gasteiger partial charge in [-0.05, 0) is 54.2 Å². The zero-order valence-electron chi connectivity index (χ0n) is 16.1. The zero-order valence-corrected chi connectivity index (χ0v) is 16.1. The molecule has 0 saturated heterocycles. The largest absolute Gasteiger partial charge is 0.480 e. The van der Waals surface area contributed by atoms with Crippen LogP contribution in [-0.2, 0) is 4.79 Å². The number of aliphatic carboxylic acids is 1. The maximum absolute atomic E-state index is 12.3. The van der Waals surface area contributed by atoms with Crippen molar-refractivity contribution in [1.29, 1.82) is 0 Å². The van der Waals surface area contributed by atoms with Gasteiger partial charge in [0.1, 0.15) is 17.5 Å². The standard InChI is InChI=1S/C25H23NO3/c27-25(28)24-20-11-5-10-19(20)22-13-17(29-16-7-2-1-3-8-16)12-21-18-9-4-6-15(18)14-26(24)23(21)22/h1-5,7-10,12-13,15,18-20,24H,6,11,14H2,(H,27,28)/t15-,18+,19+,20-,24-/m1/s1. The fourth-order valence-corrected chi connectivity index (χ4v) is 5.90. The van der Waals surface area contributed by atoms with Gasteiger partial charge in [0.25, 0.3) is 0 Å². The minimum absolute atomic E-state index is 0.0886. The van der Waals surface area contributed by atoms with Gasteiger partial charge in [0.2, 0.25) is 0 Å². The Hall–Kier alpha value is -3.01. The molecule has 4 aliphatic rings. The molecule has 0 saturated carbocycles. The van der Waals surface area contributed by atoms with Crippen molar-refractivity contribution in [1.82, 2.24) is 0 Å². The van der Waals surface area contributed by atoms with E-state index >= 15 is 0 Å². The zero-order chi connectivity index (χ0) is 19.5. The maximum Gasteiger partial charge on any atom is 0.326 e. The van der Waals surface area contributed by atoms with Gasteiger partial charge in [-0.3, -0.25) is 0 Å². The third-order valence-electron chi connectivity index (χ3n) is 7.06. The Bertz CT molecular complexity index is 1020. The summed E-state index contributed by atoms with van der Waals surface area (Å²) in [4.78, 5) is 14.5. The number of ether oxygens (including phenoxy) is 1. The van der Waals surface area contributed by atoms with Crippen molar-refractivity contribution >= 4 is 11.7 Å². The first kappa shape index (κ1) is 16.9. The predicted octanol–water partition coefficient (Wildman–Crippen LogP) is 5.09. The van der Waals surface area contributed by atoms with Crippen molar-refractivity contribution in [2.24, 2.45) is 11.8 Å². The average Bonchev–Trinajstić information content (AvgIpc) is 3.38. The molecule has 0 fully saturated rings. The lowest BCUT2D eigenvalue weighted by atomic mass is 9.72. The van der Waals surface area contributed by atoms with Crippen LogP contribution in [0.15, 0.2) is 66.8 Å². The smallest absolute Gasteiger partial charge is 0.326 e.